The van der Waals surface area contributed by atoms with Gasteiger partial charge in [-0.15, -0.1) is 0 Å². The van der Waals surface area contributed by atoms with Crippen LogP contribution < -0.4 is 5.32 Å². The Kier molecular flexibility index (Phi) is 9.94. The van der Waals surface area contributed by atoms with E-state index in [-0.39, 0.29) is 48.2 Å². The van der Waals surface area contributed by atoms with Crippen molar-refractivity contribution in [2.45, 2.75) is 63.4 Å². The van der Waals surface area contributed by atoms with Gasteiger partial charge in [0.1, 0.15) is 10.9 Å². The van der Waals surface area contributed by atoms with Crippen LogP contribution in [0.5, 0.6) is 0 Å². The first kappa shape index (κ1) is 30.0. The average molecular weight is 576 g/mol. The number of rotatable bonds is 13. The molecule has 1 atom stereocenters. The van der Waals surface area contributed by atoms with E-state index >= 15 is 0 Å². The number of nitrogens with one attached hydrogen (secondary N) is 1. The monoisotopic (exact) mass is 575 g/mol. The summed E-state index contributed by atoms with van der Waals surface area (Å²) in [5, 5.41) is 3.00. The summed E-state index contributed by atoms with van der Waals surface area (Å²) < 4.78 is 26.8. The fourth-order valence-corrected chi connectivity index (χ4v) is 6.64. The molecule has 0 aliphatic carbocycles. The molecule has 0 radical (unpaired) electrons. The first-order valence-electron chi connectivity index (χ1n) is 14.0. The molecule has 1 aliphatic heterocycles. The van der Waals surface area contributed by atoms with Gasteiger partial charge in [-0.25, -0.2) is 12.7 Å². The summed E-state index contributed by atoms with van der Waals surface area (Å²) in [6.07, 6.45) is 2.21. The maximum Gasteiger partial charge on any atom is 0.269 e. The normalized spacial score (nSPS) is 14.4. The van der Waals surface area contributed by atoms with Gasteiger partial charge in [0.15, 0.2) is 0 Å². The van der Waals surface area contributed by atoms with Gasteiger partial charge < -0.3 is 10.2 Å². The Hall–Kier alpha value is -3.98. The zero-order chi connectivity index (χ0) is 29.4. The molecule has 0 saturated carbocycles. The number of hydrogen-bond acceptors (Lipinski definition) is 5. The zero-order valence-electron chi connectivity index (χ0n) is 23.6. The molecular formula is C32H37N3O5S. The molecule has 8 nitrogen and oxygen atoms in total. The first-order valence-corrected chi connectivity index (χ1v) is 15.5. The SMILES string of the molecule is CCCCNC(=O)C(Cc1ccccc1)N(Cc1cccc(C)c1)C(=O)CCCN1C(=O)c2ccccc2S1(=O)=O. The highest BCUT2D eigenvalue weighted by Crippen LogP contribution is 2.30. The lowest BCUT2D eigenvalue weighted by atomic mass is 10.0. The number of fused-ring (bicyclic) bond motifs is 1. The largest absolute Gasteiger partial charge is 0.354 e. The second-order valence-corrected chi connectivity index (χ2v) is 12.2. The molecule has 0 spiro atoms. The molecule has 1 unspecified atom stereocenters. The lowest BCUT2D eigenvalue weighted by Crippen LogP contribution is -2.50. The summed E-state index contributed by atoms with van der Waals surface area (Å²) in [6.45, 7) is 4.64. The fraction of sp³-hybridized carbons (Fsp3) is 0.344. The van der Waals surface area contributed by atoms with Crippen LogP contribution in [0.25, 0.3) is 0 Å². The van der Waals surface area contributed by atoms with Gasteiger partial charge in [0.2, 0.25) is 11.8 Å². The quantitative estimate of drug-likeness (QED) is 0.303. The molecule has 41 heavy (non-hydrogen) atoms. The summed E-state index contributed by atoms with van der Waals surface area (Å²) >= 11 is 0. The van der Waals surface area contributed by atoms with E-state index in [2.05, 4.69) is 5.32 Å². The topological polar surface area (TPSA) is 104 Å². The van der Waals surface area contributed by atoms with E-state index < -0.39 is 22.0 Å². The number of sulfonamides is 1. The van der Waals surface area contributed by atoms with Crippen molar-refractivity contribution in [1.82, 2.24) is 14.5 Å². The molecule has 3 aromatic carbocycles. The fourth-order valence-electron chi connectivity index (χ4n) is 5.04. The number of carbonyl (C=O) groups excluding carboxylic acids is 3. The first-order chi connectivity index (χ1) is 19.7. The van der Waals surface area contributed by atoms with Crippen LogP contribution in [0.1, 0.15) is 59.7 Å². The van der Waals surface area contributed by atoms with Crippen LogP contribution in [0.15, 0.2) is 83.8 Å². The molecule has 3 aromatic rings. The molecule has 3 amide bonds. The van der Waals surface area contributed by atoms with E-state index in [0.29, 0.717) is 13.0 Å². The van der Waals surface area contributed by atoms with E-state index in [0.717, 1.165) is 33.8 Å². The van der Waals surface area contributed by atoms with E-state index in [1.807, 2.05) is 68.4 Å². The van der Waals surface area contributed by atoms with Gasteiger partial charge in [-0.1, -0.05) is 85.6 Å². The number of carbonyl (C=O) groups is 3. The number of amides is 3. The van der Waals surface area contributed by atoms with Gasteiger partial charge in [0, 0.05) is 32.5 Å². The van der Waals surface area contributed by atoms with Crippen LogP contribution in [0.3, 0.4) is 0 Å². The predicted octanol–water partition coefficient (Wildman–Crippen LogP) is 4.48. The molecule has 4 rings (SSSR count). The van der Waals surface area contributed by atoms with Crippen molar-refractivity contribution in [3.05, 3.63) is 101 Å². The Labute approximate surface area is 242 Å². The highest BCUT2D eigenvalue weighted by molar-refractivity contribution is 7.90. The van der Waals surface area contributed by atoms with Crippen molar-refractivity contribution in [3.8, 4) is 0 Å². The lowest BCUT2D eigenvalue weighted by molar-refractivity contribution is -0.141. The Balaban J connectivity index is 1.56. The van der Waals surface area contributed by atoms with Gasteiger partial charge in [-0.3, -0.25) is 14.4 Å². The number of hydrogen-bond donors (Lipinski definition) is 1. The highest BCUT2D eigenvalue weighted by atomic mass is 32.2. The number of unbranched alkanes of at least 4 members (excludes halogenated alkanes) is 1. The lowest BCUT2D eigenvalue weighted by Gasteiger charge is -2.32. The Morgan fingerprint density at radius 3 is 2.34 bits per heavy atom. The van der Waals surface area contributed by atoms with Crippen LogP contribution in [0, 0.1) is 6.92 Å². The van der Waals surface area contributed by atoms with Crippen LogP contribution in [-0.2, 0) is 32.6 Å². The summed E-state index contributed by atoms with van der Waals surface area (Å²) in [7, 11) is -3.96. The molecule has 0 saturated heterocycles. The van der Waals surface area contributed by atoms with Crippen LogP contribution in [0.4, 0.5) is 0 Å². The van der Waals surface area contributed by atoms with Gasteiger partial charge in [-0.2, -0.15) is 0 Å². The minimum absolute atomic E-state index is 0.0101. The predicted molar refractivity (Wildman–Crippen MR) is 157 cm³/mol. The maximum atomic E-state index is 13.8. The molecule has 0 aromatic heterocycles. The molecule has 1 N–H and O–H groups in total. The van der Waals surface area contributed by atoms with Gasteiger partial charge in [0.25, 0.3) is 15.9 Å². The van der Waals surface area contributed by atoms with Gasteiger partial charge in [0.05, 0.1) is 5.56 Å². The van der Waals surface area contributed by atoms with Gasteiger partial charge >= 0.3 is 0 Å². The van der Waals surface area contributed by atoms with Gasteiger partial charge in [-0.05, 0) is 43.0 Å². The smallest absolute Gasteiger partial charge is 0.269 e. The van der Waals surface area contributed by atoms with E-state index in [4.69, 9.17) is 0 Å². The molecule has 0 fully saturated rings. The number of aryl methyl sites for hydroxylation is 1. The number of nitrogens with zero attached hydrogens (tertiary/aromatic N) is 2. The molecular weight excluding hydrogens is 538 g/mol. The maximum absolute atomic E-state index is 13.8. The average Bonchev–Trinajstić information content (AvgIpc) is 3.16. The Morgan fingerprint density at radius 2 is 1.63 bits per heavy atom. The zero-order valence-corrected chi connectivity index (χ0v) is 24.4. The standard InChI is InChI=1S/C32H37N3O5S/c1-3-4-19-33-31(37)28(22-25-13-6-5-7-14-25)34(23-26-15-10-12-24(2)21-26)30(36)18-11-20-35-32(38)27-16-8-9-17-29(27)41(35,39)40/h5-10,12-17,21,28H,3-4,11,18-20,22-23H2,1-2H3,(H,33,37). The summed E-state index contributed by atoms with van der Waals surface area (Å²) in [5.74, 6) is -1.09. The van der Waals surface area contributed by atoms with Crippen molar-refractivity contribution >= 4 is 27.7 Å². The summed E-state index contributed by atoms with van der Waals surface area (Å²) in [4.78, 5) is 41.8. The summed E-state index contributed by atoms with van der Waals surface area (Å²) in [5.41, 5.74) is 3.01. The molecule has 1 aliphatic rings. The third-order valence-corrected chi connectivity index (χ3v) is 9.04. The third-order valence-electron chi connectivity index (χ3n) is 7.20. The van der Waals surface area contributed by atoms with Crippen molar-refractivity contribution in [1.29, 1.82) is 0 Å². The van der Waals surface area contributed by atoms with Crippen molar-refractivity contribution in [3.63, 3.8) is 0 Å². The summed E-state index contributed by atoms with van der Waals surface area (Å²) in [6, 6.07) is 22.7. The van der Waals surface area contributed by atoms with E-state index in [1.54, 1.807) is 17.0 Å². The molecule has 9 heteroatoms. The van der Waals surface area contributed by atoms with Crippen molar-refractivity contribution in [2.24, 2.45) is 0 Å². The Morgan fingerprint density at radius 1 is 0.927 bits per heavy atom. The highest BCUT2D eigenvalue weighted by Gasteiger charge is 2.40. The minimum Gasteiger partial charge on any atom is -0.354 e. The van der Waals surface area contributed by atoms with Crippen molar-refractivity contribution < 1.29 is 22.8 Å². The van der Waals surface area contributed by atoms with Crippen LogP contribution in [0.2, 0.25) is 0 Å². The van der Waals surface area contributed by atoms with Crippen LogP contribution in [-0.4, -0.2) is 54.5 Å². The van der Waals surface area contributed by atoms with E-state index in [9.17, 15) is 22.8 Å². The van der Waals surface area contributed by atoms with E-state index in [1.165, 1.54) is 12.1 Å². The molecule has 216 valence electrons. The third kappa shape index (κ3) is 7.21. The molecule has 0 bridgehead atoms. The minimum atomic E-state index is -3.96. The second-order valence-electron chi connectivity index (χ2n) is 10.3. The number of benzene rings is 3. The van der Waals surface area contributed by atoms with Crippen LogP contribution >= 0.6 is 0 Å². The van der Waals surface area contributed by atoms with Crippen molar-refractivity contribution in [2.75, 3.05) is 13.1 Å². The second kappa shape index (κ2) is 13.6. The molecule has 1 heterocycles. The Bertz CT molecular complexity index is 1490.